The Bertz CT molecular complexity index is 1050. The minimum absolute atomic E-state index is 0.0724. The predicted molar refractivity (Wildman–Crippen MR) is 288 cm³/mol. The number of hydrogen-bond donors (Lipinski definition) is 0. The summed E-state index contributed by atoms with van der Waals surface area (Å²) in [5, 5.41) is 0. The highest BCUT2D eigenvalue weighted by molar-refractivity contribution is 5.70. The molecule has 0 bridgehead atoms. The zero-order chi connectivity index (χ0) is 47.7. The van der Waals surface area contributed by atoms with E-state index in [4.69, 9.17) is 14.2 Å². The minimum atomic E-state index is -0.557. The van der Waals surface area contributed by atoms with Gasteiger partial charge in [-0.2, -0.15) is 0 Å². The topological polar surface area (TPSA) is 61.8 Å². The maximum atomic E-state index is 12.8. The molecule has 0 saturated carbocycles. The Balaban J connectivity index is 4.29. The molecular formula is C61H114O5. The van der Waals surface area contributed by atoms with E-state index in [9.17, 15) is 9.59 Å². The fourth-order valence-electron chi connectivity index (χ4n) is 8.76. The third kappa shape index (κ3) is 54.7. The lowest BCUT2D eigenvalue weighted by molar-refractivity contribution is -0.162. The van der Waals surface area contributed by atoms with Gasteiger partial charge in [0.2, 0.25) is 0 Å². The van der Waals surface area contributed by atoms with Gasteiger partial charge >= 0.3 is 11.9 Å². The van der Waals surface area contributed by atoms with Gasteiger partial charge in [-0.05, 0) is 51.4 Å². The summed E-state index contributed by atoms with van der Waals surface area (Å²) in [6, 6.07) is 0. The van der Waals surface area contributed by atoms with E-state index in [1.807, 2.05) is 0 Å². The fourth-order valence-corrected chi connectivity index (χ4v) is 8.76. The maximum absolute atomic E-state index is 12.8. The number of ether oxygens (including phenoxy) is 3. The van der Waals surface area contributed by atoms with Gasteiger partial charge in [-0.3, -0.25) is 9.59 Å². The molecule has 0 radical (unpaired) electrons. The highest BCUT2D eigenvalue weighted by Gasteiger charge is 2.17. The first-order valence-corrected chi connectivity index (χ1v) is 29.5. The van der Waals surface area contributed by atoms with Crippen LogP contribution >= 0.6 is 0 Å². The Hall–Kier alpha value is -1.88. The third-order valence-electron chi connectivity index (χ3n) is 13.2. The van der Waals surface area contributed by atoms with Gasteiger partial charge in [-0.25, -0.2) is 0 Å². The summed E-state index contributed by atoms with van der Waals surface area (Å²) in [7, 11) is 0. The molecule has 388 valence electrons. The number of rotatable bonds is 55. The van der Waals surface area contributed by atoms with Crippen LogP contribution in [0.15, 0.2) is 36.5 Å². The lowest BCUT2D eigenvalue weighted by Crippen LogP contribution is -2.30. The van der Waals surface area contributed by atoms with Crippen LogP contribution in [0, 0.1) is 0 Å². The maximum Gasteiger partial charge on any atom is 0.306 e. The summed E-state index contributed by atoms with van der Waals surface area (Å²) in [4.78, 5) is 25.5. The summed E-state index contributed by atoms with van der Waals surface area (Å²) < 4.78 is 17.5. The van der Waals surface area contributed by atoms with Crippen LogP contribution in [0.4, 0.5) is 0 Å². The zero-order valence-electron chi connectivity index (χ0n) is 44.7. The van der Waals surface area contributed by atoms with Gasteiger partial charge in [0.15, 0.2) is 6.10 Å². The lowest BCUT2D eigenvalue weighted by atomic mass is 10.0. The molecule has 0 aromatic heterocycles. The van der Waals surface area contributed by atoms with Crippen LogP contribution in [-0.4, -0.2) is 37.9 Å². The normalized spacial score (nSPS) is 12.3. The highest BCUT2D eigenvalue weighted by atomic mass is 16.6. The van der Waals surface area contributed by atoms with Crippen molar-refractivity contribution >= 4 is 11.9 Å². The summed E-state index contributed by atoms with van der Waals surface area (Å²) in [5.41, 5.74) is 0. The first-order valence-electron chi connectivity index (χ1n) is 29.5. The van der Waals surface area contributed by atoms with Crippen molar-refractivity contribution in [3.63, 3.8) is 0 Å². The van der Waals surface area contributed by atoms with E-state index in [-0.39, 0.29) is 25.2 Å². The molecule has 5 heteroatoms. The van der Waals surface area contributed by atoms with Gasteiger partial charge in [0, 0.05) is 19.4 Å². The lowest BCUT2D eigenvalue weighted by Gasteiger charge is -2.18. The third-order valence-corrected chi connectivity index (χ3v) is 13.2. The molecule has 0 spiro atoms. The average Bonchev–Trinajstić information content (AvgIpc) is 3.32. The summed E-state index contributed by atoms with van der Waals surface area (Å²) >= 11 is 0. The van der Waals surface area contributed by atoms with E-state index in [0.717, 1.165) is 51.4 Å². The van der Waals surface area contributed by atoms with Crippen molar-refractivity contribution in [2.24, 2.45) is 0 Å². The van der Waals surface area contributed by atoms with Crippen molar-refractivity contribution in [2.45, 2.75) is 322 Å². The Labute approximate surface area is 412 Å². The number of unbranched alkanes of at least 4 members (excludes halogenated alkanes) is 38. The number of allylic oxidation sites excluding steroid dienone is 6. The molecule has 1 atom stereocenters. The van der Waals surface area contributed by atoms with Gasteiger partial charge in [0.25, 0.3) is 0 Å². The van der Waals surface area contributed by atoms with Crippen LogP contribution in [0.1, 0.15) is 316 Å². The largest absolute Gasteiger partial charge is 0.462 e. The van der Waals surface area contributed by atoms with Gasteiger partial charge in [0.05, 0.1) is 6.61 Å². The van der Waals surface area contributed by atoms with Crippen LogP contribution in [-0.2, 0) is 23.8 Å². The molecule has 0 fully saturated rings. The molecule has 0 aromatic rings. The molecule has 0 amide bonds. The monoisotopic (exact) mass is 927 g/mol. The Morgan fingerprint density at radius 2 is 0.652 bits per heavy atom. The molecule has 5 nitrogen and oxygen atoms in total. The van der Waals surface area contributed by atoms with Crippen LogP contribution < -0.4 is 0 Å². The first kappa shape index (κ1) is 64.1. The average molecular weight is 928 g/mol. The number of carbonyl (C=O) groups is 2. The van der Waals surface area contributed by atoms with E-state index in [2.05, 4.69) is 57.2 Å². The Morgan fingerprint density at radius 3 is 1.06 bits per heavy atom. The van der Waals surface area contributed by atoms with E-state index in [1.165, 1.54) is 231 Å². The molecule has 0 rings (SSSR count). The number of hydrogen-bond acceptors (Lipinski definition) is 5. The van der Waals surface area contributed by atoms with E-state index < -0.39 is 6.10 Å². The minimum Gasteiger partial charge on any atom is -0.462 e. The summed E-state index contributed by atoms with van der Waals surface area (Å²) in [5.74, 6) is -0.436. The second-order valence-corrected chi connectivity index (χ2v) is 19.9. The predicted octanol–water partition coefficient (Wildman–Crippen LogP) is 20.1. The smallest absolute Gasteiger partial charge is 0.306 e. The molecule has 0 aliphatic heterocycles. The molecule has 66 heavy (non-hydrogen) atoms. The molecular weight excluding hydrogens is 813 g/mol. The van der Waals surface area contributed by atoms with Crippen LogP contribution in [0.3, 0.4) is 0 Å². The van der Waals surface area contributed by atoms with Crippen LogP contribution in [0.5, 0.6) is 0 Å². The molecule has 0 heterocycles. The standard InChI is InChI=1S/C61H114O5/c1-4-7-10-13-16-19-22-25-28-31-33-36-39-42-45-48-51-54-60(62)65-58-59(57-64-56-53-50-47-44-41-38-35-30-27-24-21-18-15-12-9-6-3)66-61(63)55-52-49-46-43-40-37-34-32-29-26-23-20-17-14-11-8-5-2/h26,29,34,37,43,46,59H,4-25,27-28,30-33,35-36,38-42,44-45,47-58H2,1-3H3/b29-26-,37-34-,46-43-/t59-/m1/s1. The zero-order valence-corrected chi connectivity index (χ0v) is 44.7. The van der Waals surface area contributed by atoms with Crippen molar-refractivity contribution < 1.29 is 23.8 Å². The van der Waals surface area contributed by atoms with Crippen molar-refractivity contribution in [1.29, 1.82) is 0 Å². The quantitative estimate of drug-likeness (QED) is 0.0345. The first-order chi connectivity index (χ1) is 32.6. The summed E-state index contributed by atoms with van der Waals surface area (Å²) in [6.07, 6.45) is 70.3. The van der Waals surface area contributed by atoms with Crippen molar-refractivity contribution in [2.75, 3.05) is 19.8 Å². The van der Waals surface area contributed by atoms with Gasteiger partial charge in [0.1, 0.15) is 6.61 Å². The molecule has 0 aliphatic rings. The van der Waals surface area contributed by atoms with E-state index in [1.54, 1.807) is 0 Å². The van der Waals surface area contributed by atoms with Crippen molar-refractivity contribution in [3.05, 3.63) is 36.5 Å². The Kier molecular flexibility index (Phi) is 55.8. The van der Waals surface area contributed by atoms with Gasteiger partial charge in [-0.15, -0.1) is 0 Å². The van der Waals surface area contributed by atoms with Crippen LogP contribution in [0.2, 0.25) is 0 Å². The SMILES string of the molecule is CCCCCCCC/C=C\C/C=C\C/C=C\CCCC(=O)O[C@H](COCCCCCCCCCCCCCCCCCC)COC(=O)CCCCCCCCCCCCCCCCCCC. The second kappa shape index (κ2) is 57.4. The van der Waals surface area contributed by atoms with Crippen LogP contribution in [0.25, 0.3) is 0 Å². The molecule has 0 aliphatic carbocycles. The summed E-state index contributed by atoms with van der Waals surface area (Å²) in [6.45, 7) is 7.84. The van der Waals surface area contributed by atoms with E-state index >= 15 is 0 Å². The number of esters is 2. The molecule has 0 N–H and O–H groups in total. The molecule has 0 aromatic carbocycles. The molecule has 0 unspecified atom stereocenters. The number of carbonyl (C=O) groups excluding carboxylic acids is 2. The van der Waals surface area contributed by atoms with Crippen molar-refractivity contribution in [3.8, 4) is 0 Å². The second-order valence-electron chi connectivity index (χ2n) is 19.9. The fraction of sp³-hybridized carbons (Fsp3) is 0.869. The molecule has 0 saturated heterocycles. The Morgan fingerprint density at radius 1 is 0.333 bits per heavy atom. The highest BCUT2D eigenvalue weighted by Crippen LogP contribution is 2.17. The van der Waals surface area contributed by atoms with Gasteiger partial charge < -0.3 is 14.2 Å². The van der Waals surface area contributed by atoms with Gasteiger partial charge in [-0.1, -0.05) is 288 Å². The van der Waals surface area contributed by atoms with Crippen molar-refractivity contribution in [1.82, 2.24) is 0 Å². The van der Waals surface area contributed by atoms with E-state index in [0.29, 0.717) is 19.4 Å².